The van der Waals surface area contributed by atoms with Crippen molar-refractivity contribution in [3.63, 3.8) is 0 Å². The summed E-state index contributed by atoms with van der Waals surface area (Å²) in [4.78, 5) is 14.2. The monoisotopic (exact) mass is 250 g/mol. The van der Waals surface area contributed by atoms with E-state index in [0.717, 1.165) is 19.6 Å². The molecule has 1 saturated heterocycles. The second kappa shape index (κ2) is 5.96. The van der Waals surface area contributed by atoms with Gasteiger partial charge < -0.3 is 10.2 Å². The number of rotatable bonds is 4. The van der Waals surface area contributed by atoms with Crippen molar-refractivity contribution in [2.24, 2.45) is 0 Å². The molecule has 1 fully saturated rings. The molecule has 0 radical (unpaired) electrons. The largest absolute Gasteiger partial charge is 0.351 e. The first-order valence-corrected chi connectivity index (χ1v) is 6.43. The molecular weight excluding hydrogens is 231 g/mol. The highest BCUT2D eigenvalue weighted by molar-refractivity contribution is 5.94. The maximum absolute atomic E-state index is 13.1. The fourth-order valence-electron chi connectivity index (χ4n) is 2.22. The molecule has 2 rings (SSSR count). The Balaban J connectivity index is 1.81. The van der Waals surface area contributed by atoms with Crippen LogP contribution in [0.15, 0.2) is 18.2 Å². The molecule has 1 N–H and O–H groups in total. The summed E-state index contributed by atoms with van der Waals surface area (Å²) in [5, 5.41) is 2.87. The number of nitrogens with zero attached hydrogens (tertiary/aromatic N) is 1. The van der Waals surface area contributed by atoms with Crippen LogP contribution in [-0.2, 0) is 0 Å². The lowest BCUT2D eigenvalue weighted by molar-refractivity contribution is 0.0949. The summed E-state index contributed by atoms with van der Waals surface area (Å²) in [6, 6.07) is 4.44. The third-order valence-corrected chi connectivity index (χ3v) is 3.33. The molecule has 1 heterocycles. The molecule has 1 aliphatic heterocycles. The lowest BCUT2D eigenvalue weighted by Gasteiger charge is -2.14. The number of carbonyl (C=O) groups excluding carboxylic acids is 1. The number of likely N-dealkylation sites (tertiary alicyclic amines) is 1. The van der Waals surface area contributed by atoms with Gasteiger partial charge in [0, 0.05) is 18.7 Å². The predicted molar refractivity (Wildman–Crippen MR) is 69.1 cm³/mol. The van der Waals surface area contributed by atoms with Crippen molar-refractivity contribution >= 4 is 5.91 Å². The number of hydrogen-bond acceptors (Lipinski definition) is 2. The third kappa shape index (κ3) is 3.29. The predicted octanol–water partition coefficient (Wildman–Crippen LogP) is 1.96. The van der Waals surface area contributed by atoms with Gasteiger partial charge >= 0.3 is 0 Å². The summed E-state index contributed by atoms with van der Waals surface area (Å²) < 4.78 is 13.1. The molecule has 0 spiro atoms. The van der Waals surface area contributed by atoms with E-state index in [1.165, 1.54) is 25.0 Å². The Kier molecular flexibility index (Phi) is 4.31. The molecule has 1 aliphatic rings. The first-order valence-electron chi connectivity index (χ1n) is 6.43. The van der Waals surface area contributed by atoms with E-state index in [0.29, 0.717) is 17.7 Å². The summed E-state index contributed by atoms with van der Waals surface area (Å²) in [5.41, 5.74) is 1.03. The first-order chi connectivity index (χ1) is 8.66. The van der Waals surface area contributed by atoms with E-state index < -0.39 is 0 Å². The lowest BCUT2D eigenvalue weighted by atomic mass is 10.1. The molecule has 1 amide bonds. The Labute approximate surface area is 107 Å². The number of carbonyl (C=O) groups is 1. The maximum atomic E-state index is 13.1. The number of amides is 1. The molecule has 98 valence electrons. The van der Waals surface area contributed by atoms with E-state index in [2.05, 4.69) is 10.2 Å². The number of halogens is 1. The average Bonchev–Trinajstić information content (AvgIpc) is 2.85. The van der Waals surface area contributed by atoms with Crippen LogP contribution in [-0.4, -0.2) is 37.0 Å². The second-order valence-corrected chi connectivity index (χ2v) is 4.77. The minimum atomic E-state index is -0.274. The summed E-state index contributed by atoms with van der Waals surface area (Å²) in [7, 11) is 0. The number of nitrogens with one attached hydrogen (secondary N) is 1. The van der Waals surface area contributed by atoms with Crippen LogP contribution < -0.4 is 5.32 Å². The van der Waals surface area contributed by atoms with Gasteiger partial charge in [0.1, 0.15) is 5.82 Å². The lowest BCUT2D eigenvalue weighted by Crippen LogP contribution is -2.33. The zero-order valence-electron chi connectivity index (χ0n) is 10.7. The summed E-state index contributed by atoms with van der Waals surface area (Å²) in [6.45, 7) is 5.47. The molecule has 0 atom stereocenters. The van der Waals surface area contributed by atoms with Gasteiger partial charge in [-0.2, -0.15) is 0 Å². The summed E-state index contributed by atoms with van der Waals surface area (Å²) in [6.07, 6.45) is 2.51. The highest BCUT2D eigenvalue weighted by atomic mass is 19.1. The first kappa shape index (κ1) is 13.0. The van der Waals surface area contributed by atoms with E-state index in [-0.39, 0.29) is 11.7 Å². The van der Waals surface area contributed by atoms with Gasteiger partial charge in [0.25, 0.3) is 5.91 Å². The van der Waals surface area contributed by atoms with Crippen LogP contribution in [0.2, 0.25) is 0 Å². The zero-order chi connectivity index (χ0) is 13.0. The quantitative estimate of drug-likeness (QED) is 0.886. The maximum Gasteiger partial charge on any atom is 0.251 e. The fourth-order valence-corrected chi connectivity index (χ4v) is 2.22. The standard InChI is InChI=1S/C14H19FN2O/c1-11-10-12(4-5-13(11)15)14(18)16-6-9-17-7-2-3-8-17/h4-5,10H,2-3,6-9H2,1H3,(H,16,18). The molecule has 0 aliphatic carbocycles. The van der Waals surface area contributed by atoms with Crippen LogP contribution in [0.3, 0.4) is 0 Å². The Hall–Kier alpha value is -1.42. The van der Waals surface area contributed by atoms with Gasteiger partial charge in [0.2, 0.25) is 0 Å². The average molecular weight is 250 g/mol. The van der Waals surface area contributed by atoms with Crippen LogP contribution in [0.25, 0.3) is 0 Å². The van der Waals surface area contributed by atoms with Crippen molar-refractivity contribution in [1.82, 2.24) is 10.2 Å². The Morgan fingerprint density at radius 2 is 2.11 bits per heavy atom. The van der Waals surface area contributed by atoms with Crippen LogP contribution >= 0.6 is 0 Å². The van der Waals surface area contributed by atoms with Crippen molar-refractivity contribution in [2.75, 3.05) is 26.2 Å². The van der Waals surface area contributed by atoms with Crippen LogP contribution in [0.4, 0.5) is 4.39 Å². The second-order valence-electron chi connectivity index (χ2n) is 4.77. The topological polar surface area (TPSA) is 32.3 Å². The fraction of sp³-hybridized carbons (Fsp3) is 0.500. The molecule has 1 aromatic rings. The molecule has 0 unspecified atom stereocenters. The van der Waals surface area contributed by atoms with Crippen molar-refractivity contribution in [3.05, 3.63) is 35.1 Å². The number of aryl methyl sites for hydroxylation is 1. The van der Waals surface area contributed by atoms with E-state index in [1.807, 2.05) is 0 Å². The van der Waals surface area contributed by atoms with Crippen molar-refractivity contribution in [3.8, 4) is 0 Å². The van der Waals surface area contributed by atoms with Gasteiger partial charge in [-0.05, 0) is 56.6 Å². The van der Waals surface area contributed by atoms with Gasteiger partial charge in [-0.15, -0.1) is 0 Å². The summed E-state index contributed by atoms with van der Waals surface area (Å²) >= 11 is 0. The van der Waals surface area contributed by atoms with Gasteiger partial charge in [-0.25, -0.2) is 4.39 Å². The highest BCUT2D eigenvalue weighted by Crippen LogP contribution is 2.09. The van der Waals surface area contributed by atoms with Crippen LogP contribution in [0.1, 0.15) is 28.8 Å². The van der Waals surface area contributed by atoms with E-state index in [9.17, 15) is 9.18 Å². The third-order valence-electron chi connectivity index (χ3n) is 3.33. The molecule has 4 heteroatoms. The minimum absolute atomic E-state index is 0.128. The zero-order valence-corrected chi connectivity index (χ0v) is 10.7. The number of hydrogen-bond donors (Lipinski definition) is 1. The van der Waals surface area contributed by atoms with Crippen LogP contribution in [0, 0.1) is 12.7 Å². The summed E-state index contributed by atoms with van der Waals surface area (Å²) in [5.74, 6) is -0.402. The van der Waals surface area contributed by atoms with Gasteiger partial charge in [-0.3, -0.25) is 4.79 Å². The van der Waals surface area contributed by atoms with E-state index >= 15 is 0 Å². The van der Waals surface area contributed by atoms with Crippen molar-refractivity contribution in [1.29, 1.82) is 0 Å². The van der Waals surface area contributed by atoms with E-state index in [1.54, 1.807) is 13.0 Å². The Morgan fingerprint density at radius 3 is 2.78 bits per heavy atom. The van der Waals surface area contributed by atoms with Gasteiger partial charge in [-0.1, -0.05) is 0 Å². The normalized spacial score (nSPS) is 15.9. The SMILES string of the molecule is Cc1cc(C(=O)NCCN2CCCC2)ccc1F. The van der Waals surface area contributed by atoms with Gasteiger partial charge in [0.15, 0.2) is 0 Å². The molecule has 3 nitrogen and oxygen atoms in total. The molecule has 18 heavy (non-hydrogen) atoms. The Bertz CT molecular complexity index is 428. The Morgan fingerprint density at radius 1 is 1.39 bits per heavy atom. The number of benzene rings is 1. The highest BCUT2D eigenvalue weighted by Gasteiger charge is 2.12. The van der Waals surface area contributed by atoms with Gasteiger partial charge in [0.05, 0.1) is 0 Å². The van der Waals surface area contributed by atoms with Crippen molar-refractivity contribution in [2.45, 2.75) is 19.8 Å². The smallest absolute Gasteiger partial charge is 0.251 e. The van der Waals surface area contributed by atoms with Crippen LogP contribution in [0.5, 0.6) is 0 Å². The molecule has 0 saturated carbocycles. The van der Waals surface area contributed by atoms with E-state index in [4.69, 9.17) is 0 Å². The van der Waals surface area contributed by atoms with Crippen molar-refractivity contribution < 1.29 is 9.18 Å². The molecular formula is C14H19FN2O. The minimum Gasteiger partial charge on any atom is -0.351 e. The molecule has 1 aromatic carbocycles. The molecule has 0 aromatic heterocycles. The molecule has 0 bridgehead atoms.